The molecule has 3 aromatic rings. The molecule has 38 heavy (non-hydrogen) atoms. The van der Waals surface area contributed by atoms with Crippen LogP contribution in [0.5, 0.6) is 23.0 Å². The summed E-state index contributed by atoms with van der Waals surface area (Å²) in [4.78, 5) is 27.6. The molecule has 1 saturated heterocycles. The van der Waals surface area contributed by atoms with Crippen LogP contribution in [-0.4, -0.2) is 81.0 Å². The zero-order chi connectivity index (χ0) is 27.1. The lowest BCUT2D eigenvalue weighted by Crippen LogP contribution is -2.50. The smallest absolute Gasteiger partial charge is 0.260 e. The van der Waals surface area contributed by atoms with Gasteiger partial charge in [0.25, 0.3) is 5.91 Å². The second-order valence-electron chi connectivity index (χ2n) is 8.55. The van der Waals surface area contributed by atoms with Gasteiger partial charge in [0.2, 0.25) is 11.7 Å². The van der Waals surface area contributed by atoms with Crippen molar-refractivity contribution >= 4 is 23.3 Å². The van der Waals surface area contributed by atoms with E-state index in [0.717, 1.165) is 11.4 Å². The number of rotatable bonds is 9. The van der Waals surface area contributed by atoms with E-state index in [-0.39, 0.29) is 18.4 Å². The first-order valence-corrected chi connectivity index (χ1v) is 12.1. The normalized spacial score (nSPS) is 13.1. The lowest BCUT2D eigenvalue weighted by Gasteiger charge is -2.35. The molecular formula is C27H31N5O6. The number of piperazine rings is 1. The quantitative estimate of drug-likeness (QED) is 0.454. The Hall–Kier alpha value is -4.54. The van der Waals surface area contributed by atoms with Crippen LogP contribution in [0, 0.1) is 0 Å². The van der Waals surface area contributed by atoms with Gasteiger partial charge in [-0.2, -0.15) is 0 Å². The van der Waals surface area contributed by atoms with Crippen LogP contribution < -0.4 is 29.2 Å². The van der Waals surface area contributed by atoms with E-state index in [1.807, 2.05) is 24.3 Å². The summed E-state index contributed by atoms with van der Waals surface area (Å²) in [7, 11) is 4.70. The third kappa shape index (κ3) is 6.23. The van der Waals surface area contributed by atoms with Gasteiger partial charge in [0.05, 0.1) is 27.0 Å². The van der Waals surface area contributed by atoms with E-state index in [1.54, 1.807) is 50.5 Å². The Morgan fingerprint density at radius 1 is 0.868 bits per heavy atom. The molecule has 2 aromatic carbocycles. The van der Waals surface area contributed by atoms with Crippen LogP contribution in [-0.2, 0) is 9.59 Å². The Morgan fingerprint density at radius 3 is 2.05 bits per heavy atom. The topological polar surface area (TPSA) is 115 Å². The summed E-state index contributed by atoms with van der Waals surface area (Å²) in [6, 6.07) is 14.4. The third-order valence-electron chi connectivity index (χ3n) is 6.10. The summed E-state index contributed by atoms with van der Waals surface area (Å²) in [5, 5.41) is 11.5. The number of nitrogens with zero attached hydrogens (tertiary/aromatic N) is 4. The Bertz CT molecular complexity index is 1230. The Morgan fingerprint density at radius 2 is 1.53 bits per heavy atom. The van der Waals surface area contributed by atoms with Gasteiger partial charge in [-0.05, 0) is 48.5 Å². The molecule has 2 heterocycles. The number of amides is 2. The number of benzene rings is 2. The monoisotopic (exact) mass is 521 g/mol. The molecule has 0 saturated carbocycles. The van der Waals surface area contributed by atoms with Crippen LogP contribution in [0.4, 0.5) is 11.5 Å². The number of hydrogen-bond donors (Lipinski definition) is 1. The van der Waals surface area contributed by atoms with Crippen LogP contribution in [0.1, 0.15) is 6.92 Å². The second kappa shape index (κ2) is 12.1. The van der Waals surface area contributed by atoms with Crippen molar-refractivity contribution in [2.75, 3.05) is 64.3 Å². The van der Waals surface area contributed by atoms with Crippen molar-refractivity contribution in [1.29, 1.82) is 0 Å². The standard InChI is InChI=1S/C27H31N5O6/c1-18(33)28-20-5-7-21(8-6-20)38-17-26(34)32-13-11-31(12-14-32)25-10-9-22(29-30-25)19-15-23(35-2)27(37-4)24(16-19)36-3/h5-10,15-16H,11-14,17H2,1-4H3,(H,28,33). The predicted molar refractivity (Wildman–Crippen MR) is 142 cm³/mol. The molecule has 0 atom stereocenters. The number of hydrogen-bond acceptors (Lipinski definition) is 9. The molecular weight excluding hydrogens is 490 g/mol. The molecule has 1 aliphatic heterocycles. The minimum Gasteiger partial charge on any atom is -0.493 e. The van der Waals surface area contributed by atoms with Crippen LogP contribution >= 0.6 is 0 Å². The van der Waals surface area contributed by atoms with Gasteiger partial charge in [-0.25, -0.2) is 0 Å². The van der Waals surface area contributed by atoms with E-state index in [9.17, 15) is 9.59 Å². The number of carbonyl (C=O) groups excluding carboxylic acids is 2. The summed E-state index contributed by atoms with van der Waals surface area (Å²) < 4.78 is 21.9. The van der Waals surface area contributed by atoms with Gasteiger partial charge in [-0.1, -0.05) is 0 Å². The molecule has 1 fully saturated rings. The Labute approximate surface area is 221 Å². The summed E-state index contributed by atoms with van der Waals surface area (Å²) in [6.07, 6.45) is 0. The zero-order valence-corrected chi connectivity index (χ0v) is 21.9. The number of anilines is 2. The summed E-state index contributed by atoms with van der Waals surface area (Å²) in [5.74, 6) is 2.67. The molecule has 2 amide bonds. The number of aromatic nitrogens is 2. The minimum absolute atomic E-state index is 0.0528. The molecule has 11 heteroatoms. The van der Waals surface area contributed by atoms with Crippen molar-refractivity contribution in [3.05, 3.63) is 48.5 Å². The number of carbonyl (C=O) groups is 2. The average Bonchev–Trinajstić information content (AvgIpc) is 2.95. The van der Waals surface area contributed by atoms with Gasteiger partial charge in [0.1, 0.15) is 5.75 Å². The Kier molecular flexibility index (Phi) is 8.47. The molecule has 1 N–H and O–H groups in total. The van der Waals surface area contributed by atoms with Crippen molar-refractivity contribution in [1.82, 2.24) is 15.1 Å². The molecule has 0 unspecified atom stereocenters. The van der Waals surface area contributed by atoms with E-state index in [0.29, 0.717) is 60.6 Å². The molecule has 200 valence electrons. The number of nitrogens with one attached hydrogen (secondary N) is 1. The lowest BCUT2D eigenvalue weighted by atomic mass is 10.1. The van der Waals surface area contributed by atoms with Crippen molar-refractivity contribution in [2.45, 2.75) is 6.92 Å². The average molecular weight is 522 g/mol. The molecule has 1 aliphatic rings. The highest BCUT2D eigenvalue weighted by Gasteiger charge is 2.23. The molecule has 0 bridgehead atoms. The van der Waals surface area contributed by atoms with Crippen molar-refractivity contribution in [3.63, 3.8) is 0 Å². The van der Waals surface area contributed by atoms with E-state index in [1.165, 1.54) is 6.92 Å². The first kappa shape index (κ1) is 26.5. The summed E-state index contributed by atoms with van der Waals surface area (Å²) >= 11 is 0. The van der Waals surface area contributed by atoms with Crippen LogP contribution in [0.2, 0.25) is 0 Å². The van der Waals surface area contributed by atoms with Crippen molar-refractivity contribution < 1.29 is 28.5 Å². The number of methoxy groups -OCH3 is 3. The molecule has 0 radical (unpaired) electrons. The first-order chi connectivity index (χ1) is 18.4. The summed E-state index contributed by atoms with van der Waals surface area (Å²) in [5.41, 5.74) is 2.13. The molecule has 4 rings (SSSR count). The summed E-state index contributed by atoms with van der Waals surface area (Å²) in [6.45, 7) is 3.77. The van der Waals surface area contributed by atoms with Gasteiger partial charge in [0.15, 0.2) is 23.9 Å². The molecule has 11 nitrogen and oxygen atoms in total. The zero-order valence-electron chi connectivity index (χ0n) is 21.9. The van der Waals surface area contributed by atoms with E-state index >= 15 is 0 Å². The molecule has 1 aromatic heterocycles. The van der Waals surface area contributed by atoms with Crippen molar-refractivity contribution in [3.8, 4) is 34.3 Å². The second-order valence-corrected chi connectivity index (χ2v) is 8.55. The predicted octanol–water partition coefficient (Wildman–Crippen LogP) is 2.86. The highest BCUT2D eigenvalue weighted by Crippen LogP contribution is 2.40. The minimum atomic E-state index is -0.145. The highest BCUT2D eigenvalue weighted by atomic mass is 16.5. The highest BCUT2D eigenvalue weighted by molar-refractivity contribution is 5.88. The van der Waals surface area contributed by atoms with E-state index < -0.39 is 0 Å². The van der Waals surface area contributed by atoms with Gasteiger partial charge in [-0.15, -0.1) is 10.2 Å². The fourth-order valence-corrected chi connectivity index (χ4v) is 4.14. The fourth-order valence-electron chi connectivity index (χ4n) is 4.14. The SMILES string of the molecule is COc1cc(-c2ccc(N3CCN(C(=O)COc4ccc(NC(C)=O)cc4)CC3)nn2)cc(OC)c1OC. The van der Waals surface area contributed by atoms with Gasteiger partial charge < -0.3 is 34.1 Å². The van der Waals surface area contributed by atoms with Gasteiger partial charge in [0, 0.05) is 44.4 Å². The Balaban J connectivity index is 1.31. The molecule has 0 spiro atoms. The van der Waals surface area contributed by atoms with Crippen LogP contribution in [0.25, 0.3) is 11.3 Å². The maximum atomic E-state index is 12.6. The van der Waals surface area contributed by atoms with Crippen LogP contribution in [0.15, 0.2) is 48.5 Å². The van der Waals surface area contributed by atoms with E-state index in [4.69, 9.17) is 18.9 Å². The lowest BCUT2D eigenvalue weighted by molar-refractivity contribution is -0.133. The van der Waals surface area contributed by atoms with Gasteiger partial charge >= 0.3 is 0 Å². The maximum absolute atomic E-state index is 12.6. The number of ether oxygens (including phenoxy) is 4. The fraction of sp³-hybridized carbons (Fsp3) is 0.333. The molecule has 0 aliphatic carbocycles. The van der Waals surface area contributed by atoms with E-state index in [2.05, 4.69) is 20.4 Å². The first-order valence-electron chi connectivity index (χ1n) is 12.1. The van der Waals surface area contributed by atoms with Crippen LogP contribution in [0.3, 0.4) is 0 Å². The van der Waals surface area contributed by atoms with Gasteiger partial charge in [-0.3, -0.25) is 9.59 Å². The maximum Gasteiger partial charge on any atom is 0.260 e. The third-order valence-corrected chi connectivity index (χ3v) is 6.10. The van der Waals surface area contributed by atoms with Crippen molar-refractivity contribution in [2.24, 2.45) is 0 Å². The largest absolute Gasteiger partial charge is 0.493 e.